The summed E-state index contributed by atoms with van der Waals surface area (Å²) in [7, 11) is 0. The Hall–Kier alpha value is -2.47. The van der Waals surface area contributed by atoms with Crippen molar-refractivity contribution < 1.29 is 28.6 Å². The number of carbonyl (C=O) groups is 3. The number of aromatic nitrogens is 4. The molecule has 5 atom stereocenters. The summed E-state index contributed by atoms with van der Waals surface area (Å²) in [5, 5.41) is 0.117. The summed E-state index contributed by atoms with van der Waals surface area (Å²) in [6, 6.07) is -0.319. The normalized spacial score (nSPS) is 24.0. The number of hydrogen-bond donors (Lipinski definition) is 1. The molecular weight excluding hydrogens is 498 g/mol. The van der Waals surface area contributed by atoms with Crippen LogP contribution in [0.3, 0.4) is 0 Å². The molecule has 2 heterocycles. The Labute approximate surface area is 190 Å². The second-order valence-electron chi connectivity index (χ2n) is 7.13. The Bertz CT molecular complexity index is 1020. The average Bonchev–Trinajstić information content (AvgIpc) is 3.20. The highest BCUT2D eigenvalue weighted by molar-refractivity contribution is 9.09. The summed E-state index contributed by atoms with van der Waals surface area (Å²) in [6.07, 6.45) is 0.424. The molecule has 1 aliphatic rings. The highest BCUT2D eigenvalue weighted by atomic mass is 79.9. The third-order valence-electron chi connectivity index (χ3n) is 4.92. The maximum Gasteiger partial charge on any atom is 0.303 e. The molecule has 0 spiro atoms. The summed E-state index contributed by atoms with van der Waals surface area (Å²) >= 11 is 9.75. The van der Waals surface area contributed by atoms with Crippen molar-refractivity contribution in [3.05, 3.63) is 11.5 Å². The SMILES string of the molecule is CC(=O)OC[C@@H](OC(C)=O)[C@H]1C[C@@H](n2cnc3c(Cl)nc(N)nc32)[C@@H](Br)[C@@H]1OC(C)=O. The average molecular weight is 519 g/mol. The van der Waals surface area contributed by atoms with Crippen molar-refractivity contribution in [2.75, 3.05) is 12.3 Å². The number of ether oxygens (including phenoxy) is 3. The van der Waals surface area contributed by atoms with Gasteiger partial charge in [0.15, 0.2) is 10.8 Å². The molecule has 0 saturated heterocycles. The van der Waals surface area contributed by atoms with Crippen LogP contribution in [0.4, 0.5) is 5.95 Å². The topological polar surface area (TPSA) is 149 Å². The Morgan fingerprint density at radius 2 is 1.97 bits per heavy atom. The van der Waals surface area contributed by atoms with Crippen LogP contribution in [-0.2, 0) is 28.6 Å². The number of alkyl halides is 1. The van der Waals surface area contributed by atoms with Gasteiger partial charge in [0.2, 0.25) is 5.95 Å². The van der Waals surface area contributed by atoms with E-state index in [1.807, 2.05) is 0 Å². The minimum absolute atomic E-state index is 0.0101. The Morgan fingerprint density at radius 3 is 2.58 bits per heavy atom. The van der Waals surface area contributed by atoms with Gasteiger partial charge in [0.25, 0.3) is 0 Å². The van der Waals surface area contributed by atoms with Crippen molar-refractivity contribution in [1.29, 1.82) is 0 Å². The standard InChI is InChI=1S/C18H21BrClN5O6/c1-7(26)29-5-12(30-8(2)27)10-4-11(13(19)15(10)31-9(3)28)25-6-22-14-16(20)23-18(21)24-17(14)25/h6,10-13,15H,4-5H2,1-3H3,(H2,21,23,24)/t10-,11-,12-,13-,15-/m1/s1. The summed E-state index contributed by atoms with van der Waals surface area (Å²) in [5.74, 6) is -2.06. The van der Waals surface area contributed by atoms with Gasteiger partial charge in [-0.2, -0.15) is 9.97 Å². The van der Waals surface area contributed by atoms with E-state index in [-0.39, 0.29) is 23.8 Å². The molecule has 1 fully saturated rings. The Balaban J connectivity index is 1.99. The predicted molar refractivity (Wildman–Crippen MR) is 112 cm³/mol. The number of hydrogen-bond acceptors (Lipinski definition) is 10. The first-order valence-corrected chi connectivity index (χ1v) is 10.6. The van der Waals surface area contributed by atoms with Gasteiger partial charge in [0.05, 0.1) is 17.2 Å². The van der Waals surface area contributed by atoms with Crippen molar-refractivity contribution >= 4 is 62.6 Å². The fraction of sp³-hybridized carbons (Fsp3) is 0.556. The number of nitrogens with two attached hydrogens (primary N) is 1. The number of anilines is 1. The number of carbonyl (C=O) groups excluding carboxylic acids is 3. The first-order chi connectivity index (χ1) is 14.6. The molecule has 2 aromatic rings. The van der Waals surface area contributed by atoms with Crippen LogP contribution in [0.5, 0.6) is 0 Å². The van der Waals surface area contributed by atoms with Crippen molar-refractivity contribution in [3.63, 3.8) is 0 Å². The van der Waals surface area contributed by atoms with E-state index < -0.39 is 40.9 Å². The van der Waals surface area contributed by atoms with Crippen molar-refractivity contribution in [2.45, 2.75) is 50.3 Å². The molecule has 11 nitrogen and oxygen atoms in total. The monoisotopic (exact) mass is 517 g/mol. The molecule has 168 valence electrons. The van der Waals surface area contributed by atoms with E-state index in [4.69, 9.17) is 31.5 Å². The molecule has 0 radical (unpaired) electrons. The molecule has 0 unspecified atom stereocenters. The number of fused-ring (bicyclic) bond motifs is 1. The first kappa shape index (κ1) is 23.2. The zero-order valence-electron chi connectivity index (χ0n) is 16.9. The summed E-state index contributed by atoms with van der Waals surface area (Å²) in [4.78, 5) is 46.8. The largest absolute Gasteiger partial charge is 0.462 e. The highest BCUT2D eigenvalue weighted by Crippen LogP contribution is 2.45. The van der Waals surface area contributed by atoms with Crippen LogP contribution in [0.15, 0.2) is 6.33 Å². The fourth-order valence-electron chi connectivity index (χ4n) is 3.77. The molecule has 0 aromatic carbocycles. The lowest BCUT2D eigenvalue weighted by Gasteiger charge is -2.28. The fourth-order valence-corrected chi connectivity index (χ4v) is 4.96. The molecule has 13 heteroatoms. The second-order valence-corrected chi connectivity index (χ2v) is 8.55. The molecular formula is C18H21BrClN5O6. The van der Waals surface area contributed by atoms with Gasteiger partial charge in [0.1, 0.15) is 24.3 Å². The predicted octanol–water partition coefficient (Wildman–Crippen LogP) is 1.81. The Kier molecular flexibility index (Phi) is 6.99. The van der Waals surface area contributed by atoms with Gasteiger partial charge in [-0.3, -0.25) is 14.4 Å². The molecule has 0 amide bonds. The van der Waals surface area contributed by atoms with Crippen LogP contribution in [0, 0.1) is 5.92 Å². The van der Waals surface area contributed by atoms with Crippen LogP contribution < -0.4 is 5.73 Å². The van der Waals surface area contributed by atoms with Gasteiger partial charge in [-0.05, 0) is 6.42 Å². The zero-order chi connectivity index (χ0) is 22.9. The van der Waals surface area contributed by atoms with E-state index in [0.29, 0.717) is 17.6 Å². The van der Waals surface area contributed by atoms with Crippen LogP contribution in [0.25, 0.3) is 11.2 Å². The van der Waals surface area contributed by atoms with Crippen LogP contribution >= 0.6 is 27.5 Å². The third-order valence-corrected chi connectivity index (χ3v) is 6.31. The van der Waals surface area contributed by atoms with E-state index in [0.717, 1.165) is 0 Å². The van der Waals surface area contributed by atoms with E-state index >= 15 is 0 Å². The van der Waals surface area contributed by atoms with Crippen molar-refractivity contribution in [3.8, 4) is 0 Å². The van der Waals surface area contributed by atoms with Crippen LogP contribution in [0.1, 0.15) is 33.2 Å². The van der Waals surface area contributed by atoms with Gasteiger partial charge in [-0.15, -0.1) is 0 Å². The molecule has 31 heavy (non-hydrogen) atoms. The molecule has 3 rings (SSSR count). The summed E-state index contributed by atoms with van der Waals surface area (Å²) < 4.78 is 17.8. The minimum atomic E-state index is -0.825. The lowest BCUT2D eigenvalue weighted by Crippen LogP contribution is -2.40. The Morgan fingerprint density at radius 1 is 1.26 bits per heavy atom. The van der Waals surface area contributed by atoms with E-state index in [1.165, 1.54) is 20.8 Å². The van der Waals surface area contributed by atoms with Crippen molar-refractivity contribution in [2.24, 2.45) is 5.92 Å². The molecule has 2 aromatic heterocycles. The van der Waals surface area contributed by atoms with Gasteiger partial charge < -0.3 is 24.5 Å². The van der Waals surface area contributed by atoms with E-state index in [9.17, 15) is 14.4 Å². The minimum Gasteiger partial charge on any atom is -0.462 e. The smallest absolute Gasteiger partial charge is 0.303 e. The quantitative estimate of drug-likeness (QED) is 0.260. The first-order valence-electron chi connectivity index (χ1n) is 9.36. The van der Waals surface area contributed by atoms with Crippen LogP contribution in [0.2, 0.25) is 5.15 Å². The van der Waals surface area contributed by atoms with Gasteiger partial charge >= 0.3 is 17.9 Å². The van der Waals surface area contributed by atoms with Gasteiger partial charge in [0, 0.05) is 26.7 Å². The number of nitrogens with zero attached hydrogens (tertiary/aromatic N) is 4. The maximum atomic E-state index is 11.8. The molecule has 0 bridgehead atoms. The molecule has 1 saturated carbocycles. The number of rotatable bonds is 6. The summed E-state index contributed by atoms with van der Waals surface area (Å²) in [6.45, 7) is 3.63. The molecule has 2 N–H and O–H groups in total. The van der Waals surface area contributed by atoms with Gasteiger partial charge in [-0.25, -0.2) is 4.98 Å². The number of esters is 3. The van der Waals surface area contributed by atoms with Crippen LogP contribution in [-0.4, -0.2) is 61.1 Å². The molecule has 0 aliphatic heterocycles. The lowest BCUT2D eigenvalue weighted by molar-refractivity contribution is -0.165. The molecule has 1 aliphatic carbocycles. The zero-order valence-corrected chi connectivity index (χ0v) is 19.3. The number of imidazole rings is 1. The highest BCUT2D eigenvalue weighted by Gasteiger charge is 2.50. The van der Waals surface area contributed by atoms with Crippen molar-refractivity contribution in [1.82, 2.24) is 19.5 Å². The second kappa shape index (κ2) is 9.35. The van der Waals surface area contributed by atoms with E-state index in [1.54, 1.807) is 10.9 Å². The number of nitrogen functional groups attached to an aromatic ring is 1. The number of halogens is 2. The van der Waals surface area contributed by atoms with Gasteiger partial charge in [-0.1, -0.05) is 27.5 Å². The maximum absolute atomic E-state index is 11.8. The lowest BCUT2D eigenvalue weighted by atomic mass is 9.98. The van der Waals surface area contributed by atoms with E-state index in [2.05, 4.69) is 30.9 Å². The third kappa shape index (κ3) is 5.06. The summed E-state index contributed by atoms with van der Waals surface area (Å²) in [5.41, 5.74) is 6.53.